The van der Waals surface area contributed by atoms with Gasteiger partial charge in [0, 0.05) is 30.7 Å². The van der Waals surface area contributed by atoms with Gasteiger partial charge in [0.2, 0.25) is 0 Å². The van der Waals surface area contributed by atoms with E-state index in [0.717, 1.165) is 18.5 Å². The first-order valence-electron chi connectivity index (χ1n) is 10.3. The molecule has 2 aromatic carbocycles. The highest BCUT2D eigenvalue weighted by molar-refractivity contribution is 6.00. The Kier molecular flexibility index (Phi) is 4.69. The van der Waals surface area contributed by atoms with Gasteiger partial charge in [0.25, 0.3) is 5.91 Å². The molecule has 0 radical (unpaired) electrons. The van der Waals surface area contributed by atoms with Crippen LogP contribution in [0.15, 0.2) is 60.9 Å². The minimum absolute atomic E-state index is 0.0941. The molecular formula is C24H23FN4O. The maximum atomic E-state index is 14.7. The van der Waals surface area contributed by atoms with E-state index in [4.69, 9.17) is 0 Å². The van der Waals surface area contributed by atoms with Crippen molar-refractivity contribution < 1.29 is 9.18 Å². The van der Waals surface area contributed by atoms with E-state index in [2.05, 4.69) is 46.5 Å². The summed E-state index contributed by atoms with van der Waals surface area (Å²) in [5, 5.41) is 3.60. The van der Waals surface area contributed by atoms with Gasteiger partial charge in [-0.05, 0) is 56.0 Å². The lowest BCUT2D eigenvalue weighted by molar-refractivity contribution is 0.0692. The number of aromatic nitrogens is 2. The summed E-state index contributed by atoms with van der Waals surface area (Å²) in [5.74, 6) is 0.0649. The van der Waals surface area contributed by atoms with Crippen LogP contribution in [0.2, 0.25) is 0 Å². The lowest BCUT2D eigenvalue weighted by Crippen LogP contribution is -2.47. The van der Waals surface area contributed by atoms with Crippen LogP contribution < -0.4 is 5.32 Å². The van der Waals surface area contributed by atoms with E-state index in [1.165, 1.54) is 11.6 Å². The molecule has 0 spiro atoms. The van der Waals surface area contributed by atoms with Gasteiger partial charge in [-0.25, -0.2) is 14.4 Å². The van der Waals surface area contributed by atoms with Crippen molar-refractivity contribution in [1.29, 1.82) is 0 Å². The first-order valence-corrected chi connectivity index (χ1v) is 10.3. The van der Waals surface area contributed by atoms with E-state index >= 15 is 0 Å². The second kappa shape index (κ2) is 7.52. The largest absolute Gasteiger partial charge is 0.380 e. The van der Waals surface area contributed by atoms with Crippen LogP contribution in [-0.2, 0) is 0 Å². The Bertz CT molecular complexity index is 1070. The Morgan fingerprint density at radius 1 is 1.07 bits per heavy atom. The number of carbonyl (C=O) groups excluding carboxylic acids is 1. The van der Waals surface area contributed by atoms with Crippen LogP contribution in [-0.4, -0.2) is 39.4 Å². The Labute approximate surface area is 175 Å². The molecule has 2 heterocycles. The summed E-state index contributed by atoms with van der Waals surface area (Å²) in [6.07, 6.45) is 5.13. The van der Waals surface area contributed by atoms with Gasteiger partial charge in [0.15, 0.2) is 5.82 Å². The van der Waals surface area contributed by atoms with Crippen molar-refractivity contribution in [2.45, 2.75) is 31.8 Å². The van der Waals surface area contributed by atoms with Gasteiger partial charge < -0.3 is 10.2 Å². The molecule has 152 valence electrons. The van der Waals surface area contributed by atoms with E-state index in [1.54, 1.807) is 30.6 Å². The number of piperidine rings is 1. The molecule has 2 aliphatic rings. The third kappa shape index (κ3) is 3.32. The number of benzene rings is 2. The number of amides is 1. The molecule has 3 atom stereocenters. The summed E-state index contributed by atoms with van der Waals surface area (Å²) < 4.78 is 14.7. The number of hydrogen-bond acceptors (Lipinski definition) is 4. The number of aryl methyl sites for hydroxylation is 1. The van der Waals surface area contributed by atoms with E-state index in [0.29, 0.717) is 18.0 Å². The van der Waals surface area contributed by atoms with E-state index < -0.39 is 5.82 Å². The zero-order valence-corrected chi connectivity index (χ0v) is 16.8. The molecule has 1 N–H and O–H groups in total. The third-order valence-corrected chi connectivity index (χ3v) is 6.18. The lowest BCUT2D eigenvalue weighted by Gasteiger charge is -2.34. The molecule has 1 amide bonds. The highest BCUT2D eigenvalue weighted by Crippen LogP contribution is 2.40. The van der Waals surface area contributed by atoms with Crippen molar-refractivity contribution in [3.8, 4) is 11.4 Å². The number of fused-ring (bicyclic) bond motifs is 2. The maximum absolute atomic E-state index is 14.7. The first-order chi connectivity index (χ1) is 14.6. The molecule has 1 aromatic heterocycles. The van der Waals surface area contributed by atoms with Gasteiger partial charge in [-0.15, -0.1) is 0 Å². The quantitative estimate of drug-likeness (QED) is 0.707. The fourth-order valence-corrected chi connectivity index (χ4v) is 4.79. The minimum Gasteiger partial charge on any atom is -0.380 e. The molecular weight excluding hydrogens is 379 g/mol. The van der Waals surface area contributed by atoms with Gasteiger partial charge in [-0.2, -0.15) is 0 Å². The summed E-state index contributed by atoms with van der Waals surface area (Å²) in [7, 11) is 0. The molecule has 2 bridgehead atoms. The Morgan fingerprint density at radius 2 is 1.83 bits per heavy atom. The minimum atomic E-state index is -0.481. The molecule has 5 rings (SSSR count). The standard InChI is InChI=1S/C24H23FN4O/c1-15-6-8-17(9-7-15)28-20-12-16-13-21(20)29(14-16)24(30)18-4-2-5-19(25)22(18)23-26-10-3-11-27-23/h2-11,16,20-21,28H,12-14H2,1H3/t16-,20-,21+/m1/s1. The van der Waals surface area contributed by atoms with Gasteiger partial charge in [0.05, 0.1) is 17.2 Å². The van der Waals surface area contributed by atoms with E-state index in [-0.39, 0.29) is 29.4 Å². The fourth-order valence-electron chi connectivity index (χ4n) is 4.79. The van der Waals surface area contributed by atoms with Crippen molar-refractivity contribution in [2.24, 2.45) is 5.92 Å². The molecule has 5 nitrogen and oxygen atoms in total. The predicted octanol–water partition coefficient (Wildman–Crippen LogP) is 4.31. The van der Waals surface area contributed by atoms with E-state index in [9.17, 15) is 9.18 Å². The summed E-state index contributed by atoms with van der Waals surface area (Å²) in [4.78, 5) is 23.7. The fraction of sp³-hybridized carbons (Fsp3) is 0.292. The summed E-state index contributed by atoms with van der Waals surface area (Å²) in [5.41, 5.74) is 2.78. The van der Waals surface area contributed by atoms with Gasteiger partial charge >= 0.3 is 0 Å². The number of hydrogen-bond donors (Lipinski definition) is 1. The molecule has 1 saturated heterocycles. The van der Waals surface area contributed by atoms with E-state index in [1.807, 2.05) is 4.90 Å². The van der Waals surface area contributed by atoms with Crippen LogP contribution in [0.25, 0.3) is 11.4 Å². The average Bonchev–Trinajstić information content (AvgIpc) is 3.36. The number of halogens is 1. The summed E-state index contributed by atoms with van der Waals surface area (Å²) in [6.45, 7) is 2.77. The number of nitrogens with one attached hydrogen (secondary N) is 1. The van der Waals surface area contributed by atoms with Crippen molar-refractivity contribution in [1.82, 2.24) is 14.9 Å². The topological polar surface area (TPSA) is 58.1 Å². The van der Waals surface area contributed by atoms with Crippen LogP contribution >= 0.6 is 0 Å². The van der Waals surface area contributed by atoms with Gasteiger partial charge in [0.1, 0.15) is 5.82 Å². The van der Waals surface area contributed by atoms with Crippen LogP contribution in [0.4, 0.5) is 10.1 Å². The SMILES string of the molecule is Cc1ccc(N[C@@H]2C[C@@H]3C[C@@H]2N(C(=O)c2cccc(F)c2-c2ncccn2)C3)cc1. The van der Waals surface area contributed by atoms with Gasteiger partial charge in [-0.1, -0.05) is 23.8 Å². The van der Waals surface area contributed by atoms with Crippen molar-refractivity contribution in [3.05, 3.63) is 77.9 Å². The number of rotatable bonds is 4. The molecule has 1 saturated carbocycles. The molecule has 1 aliphatic carbocycles. The molecule has 3 aromatic rings. The number of carbonyl (C=O) groups is 1. The second-order valence-electron chi connectivity index (χ2n) is 8.21. The average molecular weight is 402 g/mol. The number of likely N-dealkylation sites (tertiary alicyclic amines) is 1. The predicted molar refractivity (Wildman–Crippen MR) is 114 cm³/mol. The summed E-state index contributed by atoms with van der Waals surface area (Å²) >= 11 is 0. The Balaban J connectivity index is 1.42. The van der Waals surface area contributed by atoms with Crippen LogP contribution in [0.5, 0.6) is 0 Å². The Morgan fingerprint density at radius 3 is 2.57 bits per heavy atom. The molecule has 1 aliphatic heterocycles. The Hall–Kier alpha value is -3.28. The smallest absolute Gasteiger partial charge is 0.255 e. The highest BCUT2D eigenvalue weighted by Gasteiger charge is 2.47. The third-order valence-electron chi connectivity index (χ3n) is 6.18. The molecule has 30 heavy (non-hydrogen) atoms. The normalized spacial score (nSPS) is 22.3. The monoisotopic (exact) mass is 402 g/mol. The van der Waals surface area contributed by atoms with Crippen molar-refractivity contribution >= 4 is 11.6 Å². The molecule has 6 heteroatoms. The van der Waals surface area contributed by atoms with Crippen LogP contribution in [0.1, 0.15) is 28.8 Å². The van der Waals surface area contributed by atoms with Crippen molar-refractivity contribution in [3.63, 3.8) is 0 Å². The van der Waals surface area contributed by atoms with Crippen molar-refractivity contribution in [2.75, 3.05) is 11.9 Å². The van der Waals surface area contributed by atoms with Gasteiger partial charge in [-0.3, -0.25) is 4.79 Å². The second-order valence-corrected chi connectivity index (χ2v) is 8.21. The van der Waals surface area contributed by atoms with Crippen LogP contribution in [0, 0.1) is 18.7 Å². The zero-order valence-electron chi connectivity index (χ0n) is 16.8. The summed E-state index contributed by atoms with van der Waals surface area (Å²) in [6, 6.07) is 14.9. The highest BCUT2D eigenvalue weighted by atomic mass is 19.1. The first kappa shape index (κ1) is 18.7. The molecule has 2 fully saturated rings. The lowest BCUT2D eigenvalue weighted by atomic mass is 10.0. The molecule has 0 unspecified atom stereocenters. The maximum Gasteiger partial charge on any atom is 0.255 e. The number of anilines is 1. The van der Waals surface area contributed by atoms with Crippen LogP contribution in [0.3, 0.4) is 0 Å². The number of nitrogens with zero attached hydrogens (tertiary/aromatic N) is 3. The zero-order chi connectivity index (χ0) is 20.7.